The first-order chi connectivity index (χ1) is 10.2. The molecule has 0 spiro atoms. The van der Waals surface area contributed by atoms with Crippen LogP contribution in [-0.2, 0) is 4.79 Å². The van der Waals surface area contributed by atoms with Crippen LogP contribution in [0, 0.1) is 0 Å². The Labute approximate surface area is 132 Å². The smallest absolute Gasteiger partial charge is 0.336 e. The highest BCUT2D eigenvalue weighted by Crippen LogP contribution is 2.17. The van der Waals surface area contributed by atoms with Gasteiger partial charge in [0.2, 0.25) is 0 Å². The standard InChI is InChI=1S/C17H15BrO3/c1-2-20-15-8-3-13(4-9-15)5-12-17(19)21-16-10-6-14(18)7-11-16/h3-12H,2H2,1H3/b12-5+. The molecule has 2 aromatic carbocycles. The quantitative estimate of drug-likeness (QED) is 0.455. The van der Waals surface area contributed by atoms with E-state index in [1.807, 2.05) is 43.3 Å². The Hall–Kier alpha value is -2.07. The van der Waals surface area contributed by atoms with Crippen molar-refractivity contribution in [1.29, 1.82) is 0 Å². The minimum Gasteiger partial charge on any atom is -0.494 e. The van der Waals surface area contributed by atoms with E-state index in [0.29, 0.717) is 12.4 Å². The van der Waals surface area contributed by atoms with Gasteiger partial charge in [0, 0.05) is 10.5 Å². The van der Waals surface area contributed by atoms with Gasteiger partial charge in [0.05, 0.1) is 6.61 Å². The second kappa shape index (κ2) is 7.64. The summed E-state index contributed by atoms with van der Waals surface area (Å²) in [6.45, 7) is 2.57. The number of halogens is 1. The van der Waals surface area contributed by atoms with Crippen molar-refractivity contribution >= 4 is 28.0 Å². The van der Waals surface area contributed by atoms with E-state index < -0.39 is 5.97 Å². The number of ether oxygens (including phenoxy) is 2. The predicted octanol–water partition coefficient (Wildman–Crippen LogP) is 4.47. The zero-order valence-electron chi connectivity index (χ0n) is 11.6. The summed E-state index contributed by atoms with van der Waals surface area (Å²) in [6.07, 6.45) is 3.11. The molecular formula is C17H15BrO3. The molecule has 2 rings (SSSR count). The third kappa shape index (κ3) is 5.08. The highest BCUT2D eigenvalue weighted by atomic mass is 79.9. The Morgan fingerprint density at radius 3 is 2.29 bits per heavy atom. The predicted molar refractivity (Wildman–Crippen MR) is 86.4 cm³/mol. The monoisotopic (exact) mass is 346 g/mol. The summed E-state index contributed by atoms with van der Waals surface area (Å²) >= 11 is 3.33. The van der Waals surface area contributed by atoms with Crippen molar-refractivity contribution in [3.8, 4) is 11.5 Å². The number of hydrogen-bond donors (Lipinski definition) is 0. The first kappa shape index (κ1) is 15.3. The lowest BCUT2D eigenvalue weighted by atomic mass is 10.2. The van der Waals surface area contributed by atoms with Crippen molar-refractivity contribution < 1.29 is 14.3 Å². The van der Waals surface area contributed by atoms with E-state index in [1.165, 1.54) is 6.08 Å². The molecule has 0 saturated carbocycles. The van der Waals surface area contributed by atoms with Crippen LogP contribution in [0.1, 0.15) is 12.5 Å². The molecule has 0 aliphatic rings. The molecule has 0 atom stereocenters. The summed E-state index contributed by atoms with van der Waals surface area (Å²) in [5, 5.41) is 0. The first-order valence-electron chi connectivity index (χ1n) is 6.55. The molecule has 108 valence electrons. The van der Waals surface area contributed by atoms with Crippen molar-refractivity contribution in [2.75, 3.05) is 6.61 Å². The van der Waals surface area contributed by atoms with Gasteiger partial charge in [-0.05, 0) is 55.0 Å². The van der Waals surface area contributed by atoms with Crippen LogP contribution in [0.3, 0.4) is 0 Å². The second-order valence-corrected chi connectivity index (χ2v) is 5.13. The molecule has 0 aromatic heterocycles. The van der Waals surface area contributed by atoms with Crippen molar-refractivity contribution in [1.82, 2.24) is 0 Å². The van der Waals surface area contributed by atoms with Crippen molar-refractivity contribution in [3.05, 3.63) is 64.6 Å². The first-order valence-corrected chi connectivity index (χ1v) is 7.35. The van der Waals surface area contributed by atoms with E-state index >= 15 is 0 Å². The van der Waals surface area contributed by atoms with Gasteiger partial charge in [-0.25, -0.2) is 4.79 Å². The van der Waals surface area contributed by atoms with Gasteiger partial charge < -0.3 is 9.47 Å². The van der Waals surface area contributed by atoms with Gasteiger partial charge in [-0.15, -0.1) is 0 Å². The van der Waals surface area contributed by atoms with E-state index in [0.717, 1.165) is 15.8 Å². The van der Waals surface area contributed by atoms with Crippen LogP contribution in [-0.4, -0.2) is 12.6 Å². The van der Waals surface area contributed by atoms with Crippen LogP contribution in [0.25, 0.3) is 6.08 Å². The van der Waals surface area contributed by atoms with E-state index in [9.17, 15) is 4.79 Å². The van der Waals surface area contributed by atoms with E-state index in [4.69, 9.17) is 9.47 Å². The SMILES string of the molecule is CCOc1ccc(/C=C/C(=O)Oc2ccc(Br)cc2)cc1. The summed E-state index contributed by atoms with van der Waals surface area (Å²) in [6, 6.07) is 14.6. The summed E-state index contributed by atoms with van der Waals surface area (Å²) in [4.78, 5) is 11.7. The van der Waals surface area contributed by atoms with Crippen LogP contribution in [0.5, 0.6) is 11.5 Å². The summed E-state index contributed by atoms with van der Waals surface area (Å²) in [5.41, 5.74) is 0.909. The largest absolute Gasteiger partial charge is 0.494 e. The van der Waals surface area contributed by atoms with Gasteiger partial charge in [-0.1, -0.05) is 28.1 Å². The maximum atomic E-state index is 11.7. The minimum atomic E-state index is -0.411. The van der Waals surface area contributed by atoms with Gasteiger partial charge in [-0.3, -0.25) is 0 Å². The summed E-state index contributed by atoms with van der Waals surface area (Å²) < 4.78 is 11.5. The normalized spacial score (nSPS) is 10.6. The Balaban J connectivity index is 1.93. The van der Waals surface area contributed by atoms with E-state index in [1.54, 1.807) is 18.2 Å². The van der Waals surface area contributed by atoms with Crippen molar-refractivity contribution in [3.63, 3.8) is 0 Å². The topological polar surface area (TPSA) is 35.5 Å². The Bertz CT molecular complexity index is 615. The average molecular weight is 347 g/mol. The van der Waals surface area contributed by atoms with Gasteiger partial charge in [-0.2, -0.15) is 0 Å². The fraction of sp³-hybridized carbons (Fsp3) is 0.118. The number of carbonyl (C=O) groups excluding carboxylic acids is 1. The highest BCUT2D eigenvalue weighted by molar-refractivity contribution is 9.10. The van der Waals surface area contributed by atoms with Crippen molar-refractivity contribution in [2.45, 2.75) is 6.92 Å². The molecule has 0 N–H and O–H groups in total. The average Bonchev–Trinajstić information content (AvgIpc) is 2.49. The molecular weight excluding hydrogens is 332 g/mol. The Morgan fingerprint density at radius 2 is 1.67 bits per heavy atom. The lowest BCUT2D eigenvalue weighted by Crippen LogP contribution is -2.03. The summed E-state index contributed by atoms with van der Waals surface area (Å²) in [5.74, 6) is 0.915. The molecule has 0 amide bonds. The third-order valence-corrected chi connectivity index (χ3v) is 3.16. The van der Waals surface area contributed by atoms with Crippen LogP contribution in [0.15, 0.2) is 59.1 Å². The van der Waals surface area contributed by atoms with Crippen molar-refractivity contribution in [2.24, 2.45) is 0 Å². The number of hydrogen-bond acceptors (Lipinski definition) is 3. The van der Waals surface area contributed by atoms with Gasteiger partial charge in [0.1, 0.15) is 11.5 Å². The molecule has 0 fully saturated rings. The third-order valence-electron chi connectivity index (χ3n) is 2.64. The maximum absolute atomic E-state index is 11.7. The Kier molecular flexibility index (Phi) is 5.58. The molecule has 0 aliphatic carbocycles. The number of benzene rings is 2. The number of rotatable bonds is 5. The summed E-state index contributed by atoms with van der Waals surface area (Å²) in [7, 11) is 0. The lowest BCUT2D eigenvalue weighted by molar-refractivity contribution is -0.128. The van der Waals surface area contributed by atoms with Crippen LogP contribution < -0.4 is 9.47 Å². The zero-order chi connectivity index (χ0) is 15.1. The minimum absolute atomic E-state index is 0.411. The zero-order valence-corrected chi connectivity index (χ0v) is 13.2. The van der Waals surface area contributed by atoms with Crippen LogP contribution >= 0.6 is 15.9 Å². The highest BCUT2D eigenvalue weighted by Gasteiger charge is 2.00. The molecule has 0 heterocycles. The molecule has 0 unspecified atom stereocenters. The molecule has 3 nitrogen and oxygen atoms in total. The maximum Gasteiger partial charge on any atom is 0.336 e. The van der Waals surface area contributed by atoms with Gasteiger partial charge >= 0.3 is 5.97 Å². The molecule has 21 heavy (non-hydrogen) atoms. The second-order valence-electron chi connectivity index (χ2n) is 4.21. The fourth-order valence-electron chi connectivity index (χ4n) is 1.66. The number of esters is 1. The fourth-order valence-corrected chi connectivity index (χ4v) is 1.92. The molecule has 0 radical (unpaired) electrons. The Morgan fingerprint density at radius 1 is 1.05 bits per heavy atom. The molecule has 2 aromatic rings. The molecule has 0 saturated heterocycles. The van der Waals surface area contributed by atoms with E-state index in [-0.39, 0.29) is 0 Å². The van der Waals surface area contributed by atoms with Crippen LogP contribution in [0.4, 0.5) is 0 Å². The lowest BCUT2D eigenvalue weighted by Gasteiger charge is -2.02. The molecule has 0 aliphatic heterocycles. The van der Waals surface area contributed by atoms with Gasteiger partial charge in [0.15, 0.2) is 0 Å². The van der Waals surface area contributed by atoms with Crippen LogP contribution in [0.2, 0.25) is 0 Å². The van der Waals surface area contributed by atoms with Gasteiger partial charge in [0.25, 0.3) is 0 Å². The molecule has 4 heteroatoms. The number of carbonyl (C=O) groups is 1. The van der Waals surface area contributed by atoms with E-state index in [2.05, 4.69) is 15.9 Å². The molecule has 0 bridgehead atoms.